The highest BCUT2D eigenvalue weighted by atomic mass is 16.6. The van der Waals surface area contributed by atoms with Gasteiger partial charge >= 0.3 is 5.69 Å². The average Bonchev–Trinajstić information content (AvgIpc) is 2.82. The Morgan fingerprint density at radius 1 is 1.52 bits per heavy atom. The van der Waals surface area contributed by atoms with Crippen LogP contribution in [-0.4, -0.2) is 40.9 Å². The molecule has 2 heterocycles. The van der Waals surface area contributed by atoms with Gasteiger partial charge in [-0.3, -0.25) is 10.1 Å². The van der Waals surface area contributed by atoms with Crippen molar-refractivity contribution in [2.24, 2.45) is 5.92 Å². The van der Waals surface area contributed by atoms with Crippen LogP contribution in [0.2, 0.25) is 0 Å². The van der Waals surface area contributed by atoms with Crippen LogP contribution in [0.15, 0.2) is 0 Å². The van der Waals surface area contributed by atoms with Crippen LogP contribution in [0.1, 0.15) is 32.4 Å². The molecule has 1 saturated heterocycles. The number of hydrogen-bond donors (Lipinski definition) is 1. The molecular weight excluding hydrogens is 270 g/mol. The Balaban J connectivity index is 2.29. The summed E-state index contributed by atoms with van der Waals surface area (Å²) in [5.74, 6) is 1.20. The second-order valence-electron chi connectivity index (χ2n) is 5.58. The molecule has 1 aliphatic heterocycles. The molecule has 1 N–H and O–H groups in total. The molecule has 0 spiro atoms. The van der Waals surface area contributed by atoms with Crippen LogP contribution in [0.25, 0.3) is 0 Å². The van der Waals surface area contributed by atoms with Crippen LogP contribution in [-0.2, 0) is 6.54 Å². The highest BCUT2D eigenvalue weighted by molar-refractivity contribution is 5.61. The summed E-state index contributed by atoms with van der Waals surface area (Å²) in [6.07, 6.45) is 2.35. The SMILES string of the molecule is CCN(CC1CCCNC1)c1c([N+](=O)[O-])c(C)nn1CC. The lowest BCUT2D eigenvalue weighted by atomic mass is 9.99. The zero-order chi connectivity index (χ0) is 15.4. The van der Waals surface area contributed by atoms with Gasteiger partial charge in [-0.05, 0) is 52.6 Å². The van der Waals surface area contributed by atoms with Crippen LogP contribution in [0.3, 0.4) is 0 Å². The predicted octanol–water partition coefficient (Wildman–Crippen LogP) is 1.95. The van der Waals surface area contributed by atoms with E-state index in [0.29, 0.717) is 24.0 Å². The molecule has 118 valence electrons. The van der Waals surface area contributed by atoms with E-state index in [9.17, 15) is 10.1 Å². The van der Waals surface area contributed by atoms with Gasteiger partial charge in [-0.2, -0.15) is 5.10 Å². The number of nitro groups is 1. The highest BCUT2D eigenvalue weighted by Crippen LogP contribution is 2.32. The van der Waals surface area contributed by atoms with Crippen molar-refractivity contribution in [2.75, 3.05) is 31.1 Å². The number of aryl methyl sites for hydroxylation is 2. The molecule has 0 bridgehead atoms. The maximum atomic E-state index is 11.4. The van der Waals surface area contributed by atoms with Crippen LogP contribution >= 0.6 is 0 Å². The molecule has 2 rings (SSSR count). The Bertz CT molecular complexity index is 494. The minimum absolute atomic E-state index is 0.155. The molecule has 1 aromatic rings. The van der Waals surface area contributed by atoms with Crippen molar-refractivity contribution in [3.8, 4) is 0 Å². The van der Waals surface area contributed by atoms with Crippen molar-refractivity contribution in [1.29, 1.82) is 0 Å². The number of rotatable bonds is 6. The first kappa shape index (κ1) is 15.8. The number of anilines is 1. The summed E-state index contributed by atoms with van der Waals surface area (Å²) in [7, 11) is 0. The normalized spacial score (nSPS) is 18.7. The molecule has 0 radical (unpaired) electrons. The maximum absolute atomic E-state index is 11.4. The molecule has 7 heteroatoms. The van der Waals surface area contributed by atoms with Gasteiger partial charge in [0.1, 0.15) is 5.69 Å². The number of aromatic nitrogens is 2. The lowest BCUT2D eigenvalue weighted by Crippen LogP contribution is -2.39. The molecule has 1 fully saturated rings. The first-order valence-corrected chi connectivity index (χ1v) is 7.75. The van der Waals surface area contributed by atoms with E-state index in [0.717, 1.165) is 26.2 Å². The van der Waals surface area contributed by atoms with E-state index in [4.69, 9.17) is 0 Å². The first-order chi connectivity index (χ1) is 10.1. The molecule has 1 atom stereocenters. The summed E-state index contributed by atoms with van der Waals surface area (Å²) < 4.78 is 1.76. The van der Waals surface area contributed by atoms with Gasteiger partial charge in [0.15, 0.2) is 0 Å². The molecule has 1 aromatic heterocycles. The summed E-state index contributed by atoms with van der Waals surface area (Å²) in [6.45, 7) is 10.0. The topological polar surface area (TPSA) is 76.2 Å². The van der Waals surface area contributed by atoms with Crippen molar-refractivity contribution in [1.82, 2.24) is 15.1 Å². The van der Waals surface area contributed by atoms with Crippen LogP contribution < -0.4 is 10.2 Å². The third-order valence-corrected chi connectivity index (χ3v) is 4.11. The molecule has 0 aliphatic carbocycles. The second-order valence-corrected chi connectivity index (χ2v) is 5.58. The van der Waals surface area contributed by atoms with Crippen LogP contribution in [0.4, 0.5) is 11.5 Å². The Labute approximate surface area is 125 Å². The Hall–Kier alpha value is -1.63. The van der Waals surface area contributed by atoms with Crippen molar-refractivity contribution < 1.29 is 4.92 Å². The van der Waals surface area contributed by atoms with E-state index in [1.807, 2.05) is 13.8 Å². The third kappa shape index (κ3) is 3.34. The summed E-state index contributed by atoms with van der Waals surface area (Å²) in [5.41, 5.74) is 0.652. The summed E-state index contributed by atoms with van der Waals surface area (Å²) in [5, 5.41) is 19.1. The Kier molecular flexibility index (Phi) is 5.17. The molecule has 1 unspecified atom stereocenters. The lowest BCUT2D eigenvalue weighted by molar-refractivity contribution is -0.384. The van der Waals surface area contributed by atoms with Gasteiger partial charge in [0, 0.05) is 19.6 Å². The summed E-state index contributed by atoms with van der Waals surface area (Å²) >= 11 is 0. The fraction of sp³-hybridized carbons (Fsp3) is 0.786. The van der Waals surface area contributed by atoms with E-state index in [1.54, 1.807) is 11.6 Å². The minimum atomic E-state index is -0.300. The van der Waals surface area contributed by atoms with Gasteiger partial charge in [-0.1, -0.05) is 0 Å². The fourth-order valence-corrected chi connectivity index (χ4v) is 3.06. The molecule has 7 nitrogen and oxygen atoms in total. The van der Waals surface area contributed by atoms with Crippen LogP contribution in [0.5, 0.6) is 0 Å². The number of nitrogens with zero attached hydrogens (tertiary/aromatic N) is 4. The van der Waals surface area contributed by atoms with Gasteiger partial charge in [0.25, 0.3) is 0 Å². The zero-order valence-electron chi connectivity index (χ0n) is 13.1. The van der Waals surface area contributed by atoms with E-state index in [2.05, 4.69) is 15.3 Å². The van der Waals surface area contributed by atoms with Crippen molar-refractivity contribution in [3.05, 3.63) is 15.8 Å². The maximum Gasteiger partial charge on any atom is 0.333 e. The van der Waals surface area contributed by atoms with Crippen LogP contribution in [0, 0.1) is 23.0 Å². The van der Waals surface area contributed by atoms with E-state index < -0.39 is 0 Å². The largest absolute Gasteiger partial charge is 0.351 e. The fourth-order valence-electron chi connectivity index (χ4n) is 3.06. The highest BCUT2D eigenvalue weighted by Gasteiger charge is 2.30. The van der Waals surface area contributed by atoms with E-state index in [1.165, 1.54) is 12.8 Å². The van der Waals surface area contributed by atoms with Crippen molar-refractivity contribution >= 4 is 11.5 Å². The van der Waals surface area contributed by atoms with E-state index >= 15 is 0 Å². The molecule has 0 amide bonds. The van der Waals surface area contributed by atoms with Crippen molar-refractivity contribution in [3.63, 3.8) is 0 Å². The monoisotopic (exact) mass is 295 g/mol. The summed E-state index contributed by atoms with van der Waals surface area (Å²) in [4.78, 5) is 13.2. The van der Waals surface area contributed by atoms with Gasteiger partial charge in [0.2, 0.25) is 5.82 Å². The smallest absolute Gasteiger partial charge is 0.333 e. The molecule has 0 aromatic carbocycles. The Morgan fingerprint density at radius 2 is 2.29 bits per heavy atom. The standard InChI is InChI=1S/C14H25N5O2/c1-4-17(10-12-7-6-8-15-9-12)14-13(19(20)21)11(3)16-18(14)5-2/h12,15H,4-10H2,1-3H3. The molecule has 1 aliphatic rings. The molecular formula is C14H25N5O2. The average molecular weight is 295 g/mol. The third-order valence-electron chi connectivity index (χ3n) is 4.11. The van der Waals surface area contributed by atoms with Gasteiger partial charge < -0.3 is 10.2 Å². The number of piperidine rings is 1. The second kappa shape index (κ2) is 6.89. The van der Waals surface area contributed by atoms with E-state index in [-0.39, 0.29) is 10.6 Å². The van der Waals surface area contributed by atoms with Gasteiger partial charge in [0.05, 0.1) is 4.92 Å². The van der Waals surface area contributed by atoms with Crippen molar-refractivity contribution in [2.45, 2.75) is 40.2 Å². The minimum Gasteiger partial charge on any atom is -0.351 e. The number of nitrogens with one attached hydrogen (secondary N) is 1. The zero-order valence-corrected chi connectivity index (χ0v) is 13.1. The van der Waals surface area contributed by atoms with Gasteiger partial charge in [-0.25, -0.2) is 4.68 Å². The quantitative estimate of drug-likeness (QED) is 0.641. The van der Waals surface area contributed by atoms with Gasteiger partial charge in [-0.15, -0.1) is 0 Å². The first-order valence-electron chi connectivity index (χ1n) is 7.75. The summed E-state index contributed by atoms with van der Waals surface area (Å²) in [6, 6.07) is 0. The Morgan fingerprint density at radius 3 is 2.81 bits per heavy atom. The number of hydrogen-bond acceptors (Lipinski definition) is 5. The lowest BCUT2D eigenvalue weighted by Gasteiger charge is -2.30. The predicted molar refractivity (Wildman–Crippen MR) is 82.8 cm³/mol. The molecule has 21 heavy (non-hydrogen) atoms. The molecule has 0 saturated carbocycles.